The molecule has 1 fully saturated rings. The monoisotopic (exact) mass is 409 g/mol. The number of allylic oxidation sites excluding steroid dienone is 2. The van der Waals surface area contributed by atoms with Crippen LogP contribution in [0.3, 0.4) is 0 Å². The molecule has 1 aromatic carbocycles. The highest BCUT2D eigenvalue weighted by molar-refractivity contribution is 5.51. The maximum Gasteiger partial charge on any atom is 0.119 e. The highest BCUT2D eigenvalue weighted by atomic mass is 15.5. The summed E-state index contributed by atoms with van der Waals surface area (Å²) in [4.78, 5) is 2.56. The summed E-state index contributed by atoms with van der Waals surface area (Å²) in [7, 11) is 0. The number of likely N-dealkylation sites (tertiary alicyclic amines) is 1. The van der Waals surface area contributed by atoms with Gasteiger partial charge in [-0.05, 0) is 64.6 Å². The predicted molar refractivity (Wildman–Crippen MR) is 127 cm³/mol. The standard InChI is InChI=1S/C25H39N5/c1-6-7-20(12-15-26)23-24(27-22-13-16-30(17-14-22)18(2)3)28-29-25(23,5)21-10-8-19(4)9-11-21/h6-11,18,22,27-29H,1,12-17,26H2,2-5H3/b20-7+. The van der Waals surface area contributed by atoms with Crippen molar-refractivity contribution in [1.29, 1.82) is 0 Å². The zero-order valence-electron chi connectivity index (χ0n) is 19.1. The molecule has 164 valence electrons. The lowest BCUT2D eigenvalue weighted by Gasteiger charge is -2.35. The van der Waals surface area contributed by atoms with Gasteiger partial charge < -0.3 is 21.4 Å². The van der Waals surface area contributed by atoms with Crippen molar-refractivity contribution in [1.82, 2.24) is 21.1 Å². The van der Waals surface area contributed by atoms with Crippen LogP contribution in [0.2, 0.25) is 0 Å². The molecule has 1 unspecified atom stereocenters. The zero-order valence-corrected chi connectivity index (χ0v) is 19.1. The molecule has 0 bridgehead atoms. The van der Waals surface area contributed by atoms with Crippen LogP contribution in [0, 0.1) is 6.92 Å². The molecule has 1 atom stereocenters. The Kier molecular flexibility index (Phi) is 7.40. The number of piperidine rings is 1. The molecule has 0 aliphatic carbocycles. The fourth-order valence-corrected chi connectivity index (χ4v) is 4.61. The number of hydrogen-bond donors (Lipinski definition) is 4. The average Bonchev–Trinajstić information content (AvgIpc) is 3.05. The van der Waals surface area contributed by atoms with Crippen LogP contribution in [-0.4, -0.2) is 36.6 Å². The molecule has 2 heterocycles. The van der Waals surface area contributed by atoms with Crippen molar-refractivity contribution in [2.75, 3.05) is 19.6 Å². The van der Waals surface area contributed by atoms with Crippen LogP contribution in [0.15, 0.2) is 60.0 Å². The van der Waals surface area contributed by atoms with Gasteiger partial charge in [-0.25, -0.2) is 5.43 Å². The van der Waals surface area contributed by atoms with Gasteiger partial charge in [0, 0.05) is 30.7 Å². The molecule has 0 amide bonds. The molecule has 5 nitrogen and oxygen atoms in total. The summed E-state index contributed by atoms with van der Waals surface area (Å²) in [5, 5.41) is 3.82. The van der Waals surface area contributed by atoms with Gasteiger partial charge in [0.25, 0.3) is 0 Å². The van der Waals surface area contributed by atoms with Crippen LogP contribution in [0.5, 0.6) is 0 Å². The topological polar surface area (TPSA) is 65.3 Å². The molecule has 0 saturated carbocycles. The van der Waals surface area contributed by atoms with Gasteiger partial charge in [0.15, 0.2) is 0 Å². The second kappa shape index (κ2) is 9.82. The molecule has 2 aliphatic heterocycles. The van der Waals surface area contributed by atoms with E-state index in [1.54, 1.807) is 0 Å². The second-order valence-electron chi connectivity index (χ2n) is 9.01. The predicted octanol–water partition coefficient (Wildman–Crippen LogP) is 3.45. The zero-order chi connectivity index (χ0) is 21.7. The Morgan fingerprint density at radius 3 is 2.53 bits per heavy atom. The quantitative estimate of drug-likeness (QED) is 0.495. The Balaban J connectivity index is 1.93. The van der Waals surface area contributed by atoms with Crippen molar-refractivity contribution in [3.8, 4) is 0 Å². The molecule has 5 N–H and O–H groups in total. The third kappa shape index (κ3) is 4.80. The van der Waals surface area contributed by atoms with Gasteiger partial charge >= 0.3 is 0 Å². The first kappa shape index (κ1) is 22.6. The highest BCUT2D eigenvalue weighted by Crippen LogP contribution is 2.39. The van der Waals surface area contributed by atoms with E-state index in [9.17, 15) is 0 Å². The van der Waals surface area contributed by atoms with Crippen molar-refractivity contribution in [3.63, 3.8) is 0 Å². The van der Waals surface area contributed by atoms with Crippen molar-refractivity contribution in [2.45, 2.75) is 64.6 Å². The third-order valence-electron chi connectivity index (χ3n) is 6.48. The maximum absolute atomic E-state index is 5.98. The van der Waals surface area contributed by atoms with Crippen LogP contribution in [0.25, 0.3) is 0 Å². The van der Waals surface area contributed by atoms with Crippen molar-refractivity contribution < 1.29 is 0 Å². The molecule has 0 spiro atoms. The minimum atomic E-state index is -0.349. The normalized spacial score (nSPS) is 23.7. The van der Waals surface area contributed by atoms with E-state index in [4.69, 9.17) is 5.73 Å². The first-order valence-electron chi connectivity index (χ1n) is 11.3. The van der Waals surface area contributed by atoms with Crippen LogP contribution in [0.1, 0.15) is 51.2 Å². The molecule has 1 saturated heterocycles. The minimum absolute atomic E-state index is 0.349. The van der Waals surface area contributed by atoms with Crippen molar-refractivity contribution in [2.24, 2.45) is 5.73 Å². The summed E-state index contributed by atoms with van der Waals surface area (Å²) >= 11 is 0. The lowest BCUT2D eigenvalue weighted by molar-refractivity contribution is 0.164. The fourth-order valence-electron chi connectivity index (χ4n) is 4.61. The fraction of sp³-hybridized carbons (Fsp3) is 0.520. The van der Waals surface area contributed by atoms with Crippen LogP contribution in [0.4, 0.5) is 0 Å². The molecular weight excluding hydrogens is 370 g/mol. The van der Waals surface area contributed by atoms with E-state index in [2.05, 4.69) is 85.7 Å². The van der Waals surface area contributed by atoms with E-state index in [1.807, 2.05) is 6.08 Å². The molecule has 3 rings (SSSR count). The molecule has 1 aromatic rings. The number of rotatable bonds is 8. The maximum atomic E-state index is 5.98. The third-order valence-corrected chi connectivity index (χ3v) is 6.48. The van der Waals surface area contributed by atoms with Gasteiger partial charge in [-0.1, -0.05) is 48.6 Å². The molecule has 2 aliphatic rings. The van der Waals surface area contributed by atoms with Gasteiger partial charge in [0.2, 0.25) is 0 Å². The summed E-state index contributed by atoms with van der Waals surface area (Å²) in [6.07, 6.45) is 7.07. The molecule has 30 heavy (non-hydrogen) atoms. The number of nitrogens with one attached hydrogen (secondary N) is 3. The molecular formula is C25H39N5. The van der Waals surface area contributed by atoms with Gasteiger partial charge in [-0.3, -0.25) is 0 Å². The van der Waals surface area contributed by atoms with E-state index < -0.39 is 0 Å². The van der Waals surface area contributed by atoms with E-state index in [0.717, 1.165) is 38.2 Å². The number of benzene rings is 1. The first-order valence-corrected chi connectivity index (χ1v) is 11.3. The number of hydrazine groups is 1. The van der Waals surface area contributed by atoms with Crippen LogP contribution in [-0.2, 0) is 5.54 Å². The summed E-state index contributed by atoms with van der Waals surface area (Å²) in [5.74, 6) is 1.07. The van der Waals surface area contributed by atoms with E-state index in [-0.39, 0.29) is 5.54 Å². The van der Waals surface area contributed by atoms with Crippen LogP contribution >= 0.6 is 0 Å². The Labute approximate surface area is 182 Å². The Bertz CT molecular complexity index is 784. The number of nitrogens with zero attached hydrogens (tertiary/aromatic N) is 1. The number of nitrogens with two attached hydrogens (primary N) is 1. The smallest absolute Gasteiger partial charge is 0.119 e. The van der Waals surface area contributed by atoms with Gasteiger partial charge in [0.1, 0.15) is 5.82 Å². The molecule has 5 heteroatoms. The van der Waals surface area contributed by atoms with E-state index in [1.165, 1.54) is 22.3 Å². The van der Waals surface area contributed by atoms with Crippen LogP contribution < -0.4 is 21.9 Å². The SMILES string of the molecule is C=C/C=C(\CCN)C1=C(NC2CCN(C(C)C)CC2)NNC1(C)c1ccc(C)cc1. The van der Waals surface area contributed by atoms with E-state index >= 15 is 0 Å². The van der Waals surface area contributed by atoms with Crippen molar-refractivity contribution in [3.05, 3.63) is 71.1 Å². The minimum Gasteiger partial charge on any atom is -0.368 e. The summed E-state index contributed by atoms with van der Waals surface area (Å²) < 4.78 is 0. The van der Waals surface area contributed by atoms with Gasteiger partial charge in [0.05, 0.1) is 5.54 Å². The Morgan fingerprint density at radius 1 is 1.30 bits per heavy atom. The largest absolute Gasteiger partial charge is 0.368 e. The Morgan fingerprint density at radius 2 is 1.97 bits per heavy atom. The first-order chi connectivity index (χ1) is 14.4. The lowest BCUT2D eigenvalue weighted by atomic mass is 9.80. The van der Waals surface area contributed by atoms with Gasteiger partial charge in [-0.2, -0.15) is 0 Å². The Hall–Kier alpha value is -2.08. The summed E-state index contributed by atoms with van der Waals surface area (Å²) in [6.45, 7) is 15.7. The molecule has 0 aromatic heterocycles. The number of hydrogen-bond acceptors (Lipinski definition) is 5. The number of aryl methyl sites for hydroxylation is 1. The van der Waals surface area contributed by atoms with Crippen molar-refractivity contribution >= 4 is 0 Å². The lowest BCUT2D eigenvalue weighted by Crippen LogP contribution is -2.47. The molecule has 0 radical (unpaired) electrons. The highest BCUT2D eigenvalue weighted by Gasteiger charge is 2.40. The summed E-state index contributed by atoms with van der Waals surface area (Å²) in [6, 6.07) is 9.84. The summed E-state index contributed by atoms with van der Waals surface area (Å²) in [5.41, 5.74) is 17.6. The van der Waals surface area contributed by atoms with E-state index in [0.29, 0.717) is 18.6 Å². The van der Waals surface area contributed by atoms with Gasteiger partial charge in [-0.15, -0.1) is 0 Å². The average molecular weight is 410 g/mol. The second-order valence-corrected chi connectivity index (χ2v) is 9.01.